The highest BCUT2D eigenvalue weighted by Gasteiger charge is 2.24. The molecule has 2 fully saturated rings. The molecule has 1 aliphatic heterocycles. The van der Waals surface area contributed by atoms with Crippen molar-refractivity contribution in [2.24, 2.45) is 11.8 Å². The fraction of sp³-hybridized carbons (Fsp3) is 0.586. The van der Waals surface area contributed by atoms with Crippen molar-refractivity contribution in [2.45, 2.75) is 51.5 Å². The highest BCUT2D eigenvalue weighted by molar-refractivity contribution is 5.84. The van der Waals surface area contributed by atoms with Crippen LogP contribution in [0.1, 0.15) is 49.8 Å². The van der Waals surface area contributed by atoms with E-state index in [1.807, 2.05) is 25.4 Å². The largest absolute Gasteiger partial charge is 0.493 e. The van der Waals surface area contributed by atoms with Crippen molar-refractivity contribution in [2.75, 3.05) is 47.4 Å². The molecule has 1 N–H and O–H groups in total. The number of hydrogen-bond donors (Lipinski definition) is 1. The molecule has 36 heavy (non-hydrogen) atoms. The van der Waals surface area contributed by atoms with Gasteiger partial charge in [0.1, 0.15) is 12.0 Å². The summed E-state index contributed by atoms with van der Waals surface area (Å²) in [5, 5.41) is 8.58. The van der Waals surface area contributed by atoms with Crippen LogP contribution < -0.4 is 10.1 Å². The second-order valence-electron chi connectivity index (χ2n) is 10.7. The van der Waals surface area contributed by atoms with Crippen molar-refractivity contribution in [3.05, 3.63) is 47.3 Å². The first kappa shape index (κ1) is 26.4. The minimum Gasteiger partial charge on any atom is -0.493 e. The van der Waals surface area contributed by atoms with Crippen LogP contribution in [0.3, 0.4) is 0 Å². The Hall–Kier alpha value is -2.64. The number of carbonyl (C=O) groups is 1. The molecule has 1 aliphatic carbocycles. The molecule has 1 saturated carbocycles. The van der Waals surface area contributed by atoms with E-state index in [1.54, 1.807) is 0 Å². The van der Waals surface area contributed by atoms with Crippen LogP contribution in [0, 0.1) is 11.8 Å². The molecular weight excluding hydrogens is 452 g/mol. The molecule has 1 aromatic heterocycles. The van der Waals surface area contributed by atoms with Gasteiger partial charge in [0.2, 0.25) is 0 Å². The lowest BCUT2D eigenvalue weighted by Gasteiger charge is -2.20. The van der Waals surface area contributed by atoms with Crippen LogP contribution in [-0.4, -0.2) is 68.6 Å². The summed E-state index contributed by atoms with van der Waals surface area (Å²) in [5.41, 5.74) is 3.86. The summed E-state index contributed by atoms with van der Waals surface area (Å²) >= 11 is 0. The second-order valence-corrected chi connectivity index (χ2v) is 10.7. The number of fused-ring (bicyclic) bond motifs is 1. The summed E-state index contributed by atoms with van der Waals surface area (Å²) in [6.45, 7) is 4.36. The number of aryl methyl sites for hydroxylation is 1. The zero-order valence-electron chi connectivity index (χ0n) is 22.2. The maximum absolute atomic E-state index is 11.5. The van der Waals surface area contributed by atoms with Crippen LogP contribution in [-0.2, 0) is 17.8 Å². The molecule has 196 valence electrons. The number of aromatic nitrogens is 1. The van der Waals surface area contributed by atoms with E-state index < -0.39 is 0 Å². The molecule has 1 atom stereocenters. The van der Waals surface area contributed by atoms with Crippen LogP contribution in [0.5, 0.6) is 5.75 Å². The molecule has 2 aromatic rings. The third-order valence-corrected chi connectivity index (χ3v) is 7.28. The average Bonchev–Trinajstić information content (AvgIpc) is 3.65. The molecule has 0 radical (unpaired) electrons. The van der Waals surface area contributed by atoms with E-state index in [2.05, 4.69) is 46.5 Å². The van der Waals surface area contributed by atoms with Crippen LogP contribution in [0.2, 0.25) is 0 Å². The van der Waals surface area contributed by atoms with Crippen molar-refractivity contribution in [3.63, 3.8) is 0 Å². The Morgan fingerprint density at radius 2 is 2.08 bits per heavy atom. The summed E-state index contributed by atoms with van der Waals surface area (Å²) in [5.74, 6) is 2.31. The SMILES string of the molecule is CN/C=C\C=C(/C=O)CN1CCCC(CCc2noc3c(CN(C)C)c(OCC4CC4)ccc23)CC1. The van der Waals surface area contributed by atoms with Crippen LogP contribution in [0.4, 0.5) is 0 Å². The number of likely N-dealkylation sites (tertiary alicyclic amines) is 1. The molecule has 1 saturated heterocycles. The van der Waals surface area contributed by atoms with E-state index in [0.29, 0.717) is 11.8 Å². The number of nitrogens with zero attached hydrogens (tertiary/aromatic N) is 3. The van der Waals surface area contributed by atoms with Crippen LogP contribution in [0.25, 0.3) is 11.0 Å². The van der Waals surface area contributed by atoms with Gasteiger partial charge in [-0.05, 0) is 108 Å². The molecular formula is C29H42N4O3. The fourth-order valence-corrected chi connectivity index (χ4v) is 5.03. The normalized spacial score (nSPS) is 19.8. The highest BCUT2D eigenvalue weighted by Crippen LogP contribution is 2.35. The molecule has 1 unspecified atom stereocenters. The first-order chi connectivity index (χ1) is 17.6. The molecule has 7 nitrogen and oxygen atoms in total. The first-order valence-electron chi connectivity index (χ1n) is 13.5. The summed E-state index contributed by atoms with van der Waals surface area (Å²) in [4.78, 5) is 16.0. The van der Waals surface area contributed by atoms with Gasteiger partial charge in [0.05, 0.1) is 17.9 Å². The predicted octanol–water partition coefficient (Wildman–Crippen LogP) is 4.57. The molecule has 4 rings (SSSR count). The number of rotatable bonds is 13. The van der Waals surface area contributed by atoms with E-state index in [4.69, 9.17) is 9.26 Å². The van der Waals surface area contributed by atoms with Gasteiger partial charge in [-0.3, -0.25) is 9.69 Å². The highest BCUT2D eigenvalue weighted by atomic mass is 16.5. The summed E-state index contributed by atoms with van der Waals surface area (Å²) in [7, 11) is 6.00. The Morgan fingerprint density at radius 1 is 1.22 bits per heavy atom. The van der Waals surface area contributed by atoms with Crippen molar-refractivity contribution in [3.8, 4) is 5.75 Å². The lowest BCUT2D eigenvalue weighted by atomic mass is 9.93. The van der Waals surface area contributed by atoms with Gasteiger partial charge in [-0.1, -0.05) is 11.2 Å². The third-order valence-electron chi connectivity index (χ3n) is 7.28. The van der Waals surface area contributed by atoms with E-state index in [-0.39, 0.29) is 0 Å². The summed E-state index contributed by atoms with van der Waals surface area (Å²) in [6, 6.07) is 4.24. The van der Waals surface area contributed by atoms with Crippen molar-refractivity contribution >= 4 is 17.3 Å². The quantitative estimate of drug-likeness (QED) is 0.248. The van der Waals surface area contributed by atoms with Gasteiger partial charge in [0.15, 0.2) is 5.58 Å². The smallest absolute Gasteiger partial charge is 0.175 e. The van der Waals surface area contributed by atoms with E-state index >= 15 is 0 Å². The summed E-state index contributed by atoms with van der Waals surface area (Å²) in [6.07, 6.45) is 14.7. The first-order valence-corrected chi connectivity index (χ1v) is 13.5. The van der Waals surface area contributed by atoms with E-state index in [0.717, 1.165) is 98.3 Å². The molecule has 2 aliphatic rings. The molecule has 1 aromatic carbocycles. The molecule has 0 amide bonds. The Morgan fingerprint density at radius 3 is 2.83 bits per heavy atom. The topological polar surface area (TPSA) is 70.8 Å². The number of nitrogens with one attached hydrogen (secondary N) is 1. The third kappa shape index (κ3) is 7.43. The standard InChI is InChI=1S/C29H42N4O3/c1-30-15-4-6-24(20-34)18-33-16-5-7-22(14-17-33)10-12-27-25-11-13-28(35-21-23-8-9-23)26(19-32(2)3)29(25)36-31-27/h4,6,11,13,15,20,22-23,30H,5,7-10,12,14,16-19,21H2,1-3H3/b15-4-,24-6-. The van der Waals surface area contributed by atoms with Crippen LogP contribution >= 0.6 is 0 Å². The van der Waals surface area contributed by atoms with Crippen molar-refractivity contribution in [1.29, 1.82) is 0 Å². The second kappa shape index (κ2) is 13.1. The fourth-order valence-electron chi connectivity index (χ4n) is 5.03. The molecule has 7 heteroatoms. The minimum atomic E-state index is 0.664. The van der Waals surface area contributed by atoms with Gasteiger partial charge in [-0.15, -0.1) is 0 Å². The lowest BCUT2D eigenvalue weighted by Crippen LogP contribution is -2.27. The van der Waals surface area contributed by atoms with Gasteiger partial charge in [0, 0.05) is 31.1 Å². The van der Waals surface area contributed by atoms with E-state index in [1.165, 1.54) is 19.3 Å². The van der Waals surface area contributed by atoms with Crippen LogP contribution in [0.15, 0.2) is 40.6 Å². The Bertz CT molecular complexity index is 1050. The molecule has 0 bridgehead atoms. The number of allylic oxidation sites excluding steroid dienone is 2. The summed E-state index contributed by atoms with van der Waals surface area (Å²) < 4.78 is 12.1. The monoisotopic (exact) mass is 494 g/mol. The number of aldehydes is 1. The average molecular weight is 495 g/mol. The maximum atomic E-state index is 11.5. The van der Waals surface area contributed by atoms with Gasteiger partial charge in [0.25, 0.3) is 0 Å². The zero-order valence-corrected chi connectivity index (χ0v) is 22.2. The van der Waals surface area contributed by atoms with Gasteiger partial charge in [-0.25, -0.2) is 0 Å². The Balaban J connectivity index is 1.36. The van der Waals surface area contributed by atoms with Gasteiger partial charge in [-0.2, -0.15) is 0 Å². The van der Waals surface area contributed by atoms with Crippen molar-refractivity contribution in [1.82, 2.24) is 20.3 Å². The van der Waals surface area contributed by atoms with Crippen molar-refractivity contribution < 1.29 is 14.1 Å². The lowest BCUT2D eigenvalue weighted by molar-refractivity contribution is -0.105. The Kier molecular flexibility index (Phi) is 9.59. The Labute approximate surface area is 215 Å². The van der Waals surface area contributed by atoms with Gasteiger partial charge < -0.3 is 19.5 Å². The number of benzene rings is 1. The number of hydrogen-bond acceptors (Lipinski definition) is 7. The molecule has 2 heterocycles. The number of carbonyl (C=O) groups excluding carboxylic acids is 1. The van der Waals surface area contributed by atoms with Gasteiger partial charge >= 0.3 is 0 Å². The number of ether oxygens (including phenoxy) is 1. The minimum absolute atomic E-state index is 0.664. The maximum Gasteiger partial charge on any atom is 0.175 e. The predicted molar refractivity (Wildman–Crippen MR) is 144 cm³/mol. The molecule has 0 spiro atoms. The van der Waals surface area contributed by atoms with E-state index in [9.17, 15) is 4.79 Å². The zero-order chi connectivity index (χ0) is 25.3.